The van der Waals surface area contributed by atoms with Gasteiger partial charge in [0, 0.05) is 28.7 Å². The highest BCUT2D eigenvalue weighted by Gasteiger charge is 2.32. The number of carboxylic acids is 1. The van der Waals surface area contributed by atoms with Crippen LogP contribution in [0, 0.1) is 11.8 Å². The average Bonchev–Trinajstić information content (AvgIpc) is 2.35. The molecule has 0 radical (unpaired) electrons. The van der Waals surface area contributed by atoms with Crippen molar-refractivity contribution < 1.29 is 14.7 Å². The van der Waals surface area contributed by atoms with E-state index in [1.807, 2.05) is 6.92 Å². The van der Waals surface area contributed by atoms with Crippen LogP contribution in [0.5, 0.6) is 0 Å². The third kappa shape index (κ3) is 3.44. The largest absolute Gasteiger partial charge is 0.481 e. The van der Waals surface area contributed by atoms with E-state index in [2.05, 4.69) is 0 Å². The Balaban J connectivity index is 2.21. The first-order valence-electron chi connectivity index (χ1n) is 6.35. The Bertz CT molecular complexity index is 527. The van der Waals surface area contributed by atoms with Gasteiger partial charge < -0.3 is 10.0 Å². The van der Waals surface area contributed by atoms with Crippen molar-refractivity contribution in [2.24, 2.45) is 11.8 Å². The number of carboxylic acid groups (broad SMARTS) is 1. The number of rotatable bonds is 2. The molecule has 0 spiro atoms. The van der Waals surface area contributed by atoms with Crippen molar-refractivity contribution in [2.75, 3.05) is 13.1 Å². The van der Waals surface area contributed by atoms with E-state index in [4.69, 9.17) is 28.3 Å². The van der Waals surface area contributed by atoms with Gasteiger partial charge in [-0.25, -0.2) is 0 Å². The Morgan fingerprint density at radius 3 is 2.35 bits per heavy atom. The van der Waals surface area contributed by atoms with Gasteiger partial charge >= 0.3 is 5.97 Å². The molecule has 0 saturated carbocycles. The summed E-state index contributed by atoms with van der Waals surface area (Å²) in [6.07, 6.45) is 0.593. The van der Waals surface area contributed by atoms with E-state index in [9.17, 15) is 9.59 Å². The second-order valence-electron chi connectivity index (χ2n) is 5.24. The fraction of sp³-hybridized carbons (Fsp3) is 0.429. The Morgan fingerprint density at radius 2 is 1.80 bits per heavy atom. The molecule has 0 bridgehead atoms. The molecule has 108 valence electrons. The van der Waals surface area contributed by atoms with Gasteiger partial charge in [-0.1, -0.05) is 30.1 Å². The van der Waals surface area contributed by atoms with Crippen molar-refractivity contribution in [3.63, 3.8) is 0 Å². The van der Waals surface area contributed by atoms with Crippen molar-refractivity contribution in [1.82, 2.24) is 4.90 Å². The van der Waals surface area contributed by atoms with Crippen molar-refractivity contribution >= 4 is 35.1 Å². The van der Waals surface area contributed by atoms with Gasteiger partial charge in [0.25, 0.3) is 5.91 Å². The second kappa shape index (κ2) is 6.02. The summed E-state index contributed by atoms with van der Waals surface area (Å²) in [6, 6.07) is 4.65. The molecule has 0 aliphatic carbocycles. The number of nitrogens with zero attached hydrogens (tertiary/aromatic N) is 1. The van der Waals surface area contributed by atoms with Crippen LogP contribution in [-0.2, 0) is 4.79 Å². The molecule has 1 amide bonds. The highest BCUT2D eigenvalue weighted by molar-refractivity contribution is 6.35. The summed E-state index contributed by atoms with van der Waals surface area (Å²) in [7, 11) is 0. The Hall–Kier alpha value is -1.26. The van der Waals surface area contributed by atoms with E-state index in [1.165, 1.54) is 0 Å². The zero-order valence-electron chi connectivity index (χ0n) is 11.0. The third-order valence-electron chi connectivity index (χ3n) is 3.41. The summed E-state index contributed by atoms with van der Waals surface area (Å²) in [4.78, 5) is 25.1. The molecule has 4 nitrogen and oxygen atoms in total. The normalized spacial score (nSPS) is 22.6. The van der Waals surface area contributed by atoms with Crippen LogP contribution in [0.3, 0.4) is 0 Å². The summed E-state index contributed by atoms with van der Waals surface area (Å²) < 4.78 is 0. The quantitative estimate of drug-likeness (QED) is 0.912. The molecule has 1 aliphatic rings. The van der Waals surface area contributed by atoms with Gasteiger partial charge in [0.15, 0.2) is 0 Å². The van der Waals surface area contributed by atoms with Crippen LogP contribution in [0.4, 0.5) is 0 Å². The predicted octanol–water partition coefficient (Wildman–Crippen LogP) is 3.18. The molecule has 1 aromatic rings. The molecule has 6 heteroatoms. The van der Waals surface area contributed by atoms with Gasteiger partial charge in [-0.15, -0.1) is 0 Å². The van der Waals surface area contributed by atoms with Crippen molar-refractivity contribution in [2.45, 2.75) is 13.3 Å². The Morgan fingerprint density at radius 1 is 1.20 bits per heavy atom. The van der Waals surface area contributed by atoms with Crippen LogP contribution in [0.15, 0.2) is 18.2 Å². The van der Waals surface area contributed by atoms with E-state index in [0.717, 1.165) is 0 Å². The zero-order valence-corrected chi connectivity index (χ0v) is 12.5. The summed E-state index contributed by atoms with van der Waals surface area (Å²) in [6.45, 7) is 2.72. The molecule has 1 aromatic carbocycles. The minimum absolute atomic E-state index is 0.156. The van der Waals surface area contributed by atoms with E-state index in [0.29, 0.717) is 28.6 Å². The van der Waals surface area contributed by atoms with Gasteiger partial charge in [0.1, 0.15) is 0 Å². The number of likely N-dealkylation sites (tertiary alicyclic amines) is 1. The number of aliphatic carboxylic acids is 1. The van der Waals surface area contributed by atoms with Crippen molar-refractivity contribution in [1.29, 1.82) is 0 Å². The maximum atomic E-state index is 12.4. The summed E-state index contributed by atoms with van der Waals surface area (Å²) in [5, 5.41) is 9.91. The first kappa shape index (κ1) is 15.1. The third-order valence-corrected chi connectivity index (χ3v) is 3.84. The van der Waals surface area contributed by atoms with Crippen LogP contribution in [0.2, 0.25) is 10.0 Å². The summed E-state index contributed by atoms with van der Waals surface area (Å²) in [5.74, 6) is -1.45. The van der Waals surface area contributed by atoms with Crippen LogP contribution in [-0.4, -0.2) is 35.0 Å². The fourth-order valence-electron chi connectivity index (χ4n) is 2.56. The number of hydrogen-bond acceptors (Lipinski definition) is 2. The zero-order chi connectivity index (χ0) is 14.9. The Kier molecular flexibility index (Phi) is 4.55. The first-order valence-corrected chi connectivity index (χ1v) is 7.10. The van der Waals surface area contributed by atoms with Crippen LogP contribution < -0.4 is 0 Å². The fourth-order valence-corrected chi connectivity index (χ4v) is 3.08. The minimum atomic E-state index is -0.863. The number of carbonyl (C=O) groups excluding carboxylic acids is 1. The van der Waals surface area contributed by atoms with Crippen LogP contribution in [0.25, 0.3) is 0 Å². The van der Waals surface area contributed by atoms with E-state index in [1.54, 1.807) is 23.1 Å². The van der Waals surface area contributed by atoms with E-state index < -0.39 is 11.9 Å². The molecule has 2 atom stereocenters. The highest BCUT2D eigenvalue weighted by Crippen LogP contribution is 2.25. The molecular weight excluding hydrogens is 301 g/mol. The number of halogens is 2. The highest BCUT2D eigenvalue weighted by atomic mass is 35.5. The molecule has 2 rings (SSSR count). The minimum Gasteiger partial charge on any atom is -0.481 e. The van der Waals surface area contributed by atoms with Gasteiger partial charge in [-0.05, 0) is 30.5 Å². The number of benzene rings is 1. The summed E-state index contributed by atoms with van der Waals surface area (Å²) >= 11 is 11.8. The van der Waals surface area contributed by atoms with Gasteiger partial charge in [0.05, 0.1) is 5.92 Å². The lowest BCUT2D eigenvalue weighted by Gasteiger charge is -2.34. The lowest BCUT2D eigenvalue weighted by atomic mass is 9.90. The lowest BCUT2D eigenvalue weighted by Crippen LogP contribution is -2.45. The molecule has 20 heavy (non-hydrogen) atoms. The number of hydrogen-bond donors (Lipinski definition) is 1. The molecule has 0 aromatic heterocycles. The van der Waals surface area contributed by atoms with Crippen molar-refractivity contribution in [3.05, 3.63) is 33.8 Å². The smallest absolute Gasteiger partial charge is 0.308 e. The number of amides is 1. The van der Waals surface area contributed by atoms with Crippen LogP contribution >= 0.6 is 23.2 Å². The van der Waals surface area contributed by atoms with E-state index in [-0.39, 0.29) is 18.4 Å². The standard InChI is InChI=1S/C14H15Cl2NO3/c1-8-2-10(14(19)20)7-17(6-8)13(18)9-3-11(15)5-12(16)4-9/h3-5,8,10H,2,6-7H2,1H3,(H,19,20). The molecule has 1 saturated heterocycles. The Labute approximate surface area is 127 Å². The second-order valence-corrected chi connectivity index (χ2v) is 6.12. The van der Waals surface area contributed by atoms with Gasteiger partial charge in [-0.2, -0.15) is 0 Å². The van der Waals surface area contributed by atoms with Crippen LogP contribution in [0.1, 0.15) is 23.7 Å². The van der Waals surface area contributed by atoms with E-state index >= 15 is 0 Å². The molecule has 1 heterocycles. The molecule has 1 N–H and O–H groups in total. The average molecular weight is 316 g/mol. The van der Waals surface area contributed by atoms with Crippen molar-refractivity contribution in [3.8, 4) is 0 Å². The molecular formula is C14H15Cl2NO3. The first-order chi connectivity index (χ1) is 9.36. The lowest BCUT2D eigenvalue weighted by molar-refractivity contribution is -0.143. The topological polar surface area (TPSA) is 57.6 Å². The van der Waals surface area contributed by atoms with Gasteiger partial charge in [-0.3, -0.25) is 9.59 Å². The molecule has 2 unspecified atom stereocenters. The maximum Gasteiger partial charge on any atom is 0.308 e. The van der Waals surface area contributed by atoms with Gasteiger partial charge in [0.2, 0.25) is 0 Å². The SMILES string of the molecule is CC1CC(C(=O)O)CN(C(=O)c2cc(Cl)cc(Cl)c2)C1. The molecule has 1 aliphatic heterocycles. The number of piperidine rings is 1. The monoisotopic (exact) mass is 315 g/mol. The summed E-state index contributed by atoms with van der Waals surface area (Å²) in [5.41, 5.74) is 0.390. The molecule has 1 fully saturated rings. The predicted molar refractivity (Wildman–Crippen MR) is 77.3 cm³/mol. The number of carbonyl (C=O) groups is 2. The maximum absolute atomic E-state index is 12.4.